The van der Waals surface area contributed by atoms with Crippen LogP contribution < -0.4 is 4.90 Å². The molecule has 0 fully saturated rings. The highest BCUT2D eigenvalue weighted by molar-refractivity contribution is 6.09. The van der Waals surface area contributed by atoms with Crippen molar-refractivity contribution in [2.45, 2.75) is 24.8 Å². The molecule has 44 heavy (non-hydrogen) atoms. The van der Waals surface area contributed by atoms with Crippen molar-refractivity contribution in [2.24, 2.45) is 0 Å². The number of benzene rings is 5. The highest BCUT2D eigenvalue weighted by atomic mass is 15.2. The number of hydrogen-bond donors (Lipinski definition) is 0. The maximum Gasteiger partial charge on any atom is 0.0541 e. The molecule has 0 N–H and O–H groups in total. The van der Waals surface area contributed by atoms with Crippen molar-refractivity contribution in [2.75, 3.05) is 4.90 Å². The van der Waals surface area contributed by atoms with E-state index in [1.54, 1.807) is 0 Å². The molecule has 3 heteroatoms. The highest BCUT2D eigenvalue weighted by Crippen LogP contribution is 2.49. The van der Waals surface area contributed by atoms with Crippen LogP contribution in [-0.2, 0) is 0 Å². The summed E-state index contributed by atoms with van der Waals surface area (Å²) in [4.78, 5) is 7.30. The van der Waals surface area contributed by atoms with Gasteiger partial charge >= 0.3 is 0 Å². The second-order valence-corrected chi connectivity index (χ2v) is 12.0. The molecule has 210 valence electrons. The molecule has 1 aliphatic heterocycles. The van der Waals surface area contributed by atoms with E-state index in [0.717, 1.165) is 28.8 Å². The number of allylic oxidation sites excluding steroid dienone is 1. The lowest BCUT2D eigenvalue weighted by Gasteiger charge is -2.31. The van der Waals surface area contributed by atoms with Crippen LogP contribution in [0.3, 0.4) is 0 Å². The minimum Gasteiger partial charge on any atom is -0.337 e. The van der Waals surface area contributed by atoms with Gasteiger partial charge < -0.3 is 9.47 Å². The fourth-order valence-electron chi connectivity index (χ4n) is 7.53. The average Bonchev–Trinajstić information content (AvgIpc) is 3.62. The van der Waals surface area contributed by atoms with Crippen LogP contribution in [0.2, 0.25) is 0 Å². The number of anilines is 2. The van der Waals surface area contributed by atoms with Crippen molar-refractivity contribution in [1.82, 2.24) is 9.55 Å². The van der Waals surface area contributed by atoms with E-state index in [9.17, 15) is 0 Å². The lowest BCUT2D eigenvalue weighted by molar-refractivity contribution is 0.565. The normalized spacial score (nSPS) is 17.2. The molecule has 0 radical (unpaired) electrons. The number of hydrogen-bond acceptors (Lipinski definition) is 2. The summed E-state index contributed by atoms with van der Waals surface area (Å²) in [5.74, 6) is 0.454. The predicted octanol–water partition coefficient (Wildman–Crippen LogP) is 10.5. The third-order valence-electron chi connectivity index (χ3n) is 9.49. The Hall–Kier alpha value is -5.41. The number of pyridine rings is 1. The number of para-hydroxylation sites is 3. The third kappa shape index (κ3) is 3.93. The molecular weight excluding hydrogens is 534 g/mol. The van der Waals surface area contributed by atoms with Gasteiger partial charge in [0.2, 0.25) is 0 Å². The van der Waals surface area contributed by atoms with E-state index in [2.05, 4.69) is 149 Å². The first-order chi connectivity index (χ1) is 21.8. The van der Waals surface area contributed by atoms with Crippen LogP contribution >= 0.6 is 0 Å². The van der Waals surface area contributed by atoms with Gasteiger partial charge in [-0.2, -0.15) is 0 Å². The first-order valence-corrected chi connectivity index (χ1v) is 15.5. The maximum atomic E-state index is 4.73. The summed E-state index contributed by atoms with van der Waals surface area (Å²) in [5, 5.41) is 2.54. The first kappa shape index (κ1) is 25.1. The monoisotopic (exact) mass is 565 g/mol. The van der Waals surface area contributed by atoms with E-state index >= 15 is 0 Å². The van der Waals surface area contributed by atoms with E-state index in [4.69, 9.17) is 4.98 Å². The zero-order chi connectivity index (χ0) is 29.0. The Labute approximate surface area is 257 Å². The van der Waals surface area contributed by atoms with E-state index in [0.29, 0.717) is 12.0 Å². The van der Waals surface area contributed by atoms with Crippen LogP contribution in [0.25, 0.3) is 49.7 Å². The zero-order valence-electron chi connectivity index (χ0n) is 24.3. The lowest BCUT2D eigenvalue weighted by atomic mass is 9.87. The minimum atomic E-state index is 0.454. The topological polar surface area (TPSA) is 21.1 Å². The summed E-state index contributed by atoms with van der Waals surface area (Å²) >= 11 is 0. The van der Waals surface area contributed by atoms with E-state index < -0.39 is 0 Å². The Morgan fingerprint density at radius 2 is 1.20 bits per heavy atom. The fourth-order valence-corrected chi connectivity index (χ4v) is 7.53. The molecule has 2 aliphatic rings. The summed E-state index contributed by atoms with van der Waals surface area (Å²) in [6.07, 6.45) is 11.0. The van der Waals surface area contributed by atoms with Gasteiger partial charge in [-0.05, 0) is 78.1 Å². The largest absolute Gasteiger partial charge is 0.337 e. The van der Waals surface area contributed by atoms with Gasteiger partial charge in [0.05, 0.1) is 11.0 Å². The van der Waals surface area contributed by atoms with Crippen molar-refractivity contribution >= 4 is 33.2 Å². The van der Waals surface area contributed by atoms with Gasteiger partial charge in [-0.3, -0.25) is 4.98 Å². The van der Waals surface area contributed by atoms with Gasteiger partial charge in [-0.1, -0.05) is 91.0 Å². The molecular formula is C41H31N3. The molecule has 1 aliphatic carbocycles. The molecule has 3 nitrogen and oxygen atoms in total. The summed E-state index contributed by atoms with van der Waals surface area (Å²) in [6, 6.07) is 46.8. The second kappa shape index (κ2) is 10.1. The Morgan fingerprint density at radius 1 is 0.568 bits per heavy atom. The number of aromatic nitrogens is 2. The molecule has 2 atom stereocenters. The van der Waals surface area contributed by atoms with Crippen molar-refractivity contribution < 1.29 is 0 Å². The molecule has 0 spiro atoms. The van der Waals surface area contributed by atoms with Crippen LogP contribution in [0.4, 0.5) is 11.4 Å². The molecule has 9 rings (SSSR count). The van der Waals surface area contributed by atoms with E-state index in [1.807, 2.05) is 12.4 Å². The number of fused-ring (bicyclic) bond motifs is 6. The molecule has 2 aromatic heterocycles. The van der Waals surface area contributed by atoms with E-state index in [-0.39, 0.29) is 0 Å². The van der Waals surface area contributed by atoms with Crippen molar-refractivity contribution in [1.29, 1.82) is 0 Å². The Bertz CT molecular complexity index is 2170. The molecule has 7 aromatic rings. The van der Waals surface area contributed by atoms with Gasteiger partial charge in [0.15, 0.2) is 0 Å². The Kier molecular flexibility index (Phi) is 5.77. The highest BCUT2D eigenvalue weighted by Gasteiger charge is 2.38. The Morgan fingerprint density at radius 3 is 1.95 bits per heavy atom. The average molecular weight is 566 g/mol. The summed E-state index contributed by atoms with van der Waals surface area (Å²) in [6.45, 7) is 0. The summed E-state index contributed by atoms with van der Waals surface area (Å²) < 4.78 is 2.37. The third-order valence-corrected chi connectivity index (χ3v) is 9.49. The minimum absolute atomic E-state index is 0.454. The smallest absolute Gasteiger partial charge is 0.0541 e. The Balaban J connectivity index is 1.11. The van der Waals surface area contributed by atoms with Crippen LogP contribution in [0.5, 0.6) is 0 Å². The molecule has 0 saturated heterocycles. The van der Waals surface area contributed by atoms with Crippen molar-refractivity contribution in [3.63, 3.8) is 0 Å². The van der Waals surface area contributed by atoms with Crippen LogP contribution in [-0.4, -0.2) is 15.6 Å². The molecule has 0 saturated carbocycles. The fraction of sp³-hybridized carbons (Fsp3) is 0.0976. The first-order valence-electron chi connectivity index (χ1n) is 15.5. The van der Waals surface area contributed by atoms with Gasteiger partial charge in [0.25, 0.3) is 0 Å². The van der Waals surface area contributed by atoms with Crippen LogP contribution in [0, 0.1) is 0 Å². The van der Waals surface area contributed by atoms with Gasteiger partial charge in [-0.15, -0.1) is 0 Å². The quantitative estimate of drug-likeness (QED) is 0.198. The summed E-state index contributed by atoms with van der Waals surface area (Å²) in [5.41, 5.74) is 12.2. The molecule has 0 amide bonds. The molecule has 0 bridgehead atoms. The summed E-state index contributed by atoms with van der Waals surface area (Å²) in [7, 11) is 0. The predicted molar refractivity (Wildman–Crippen MR) is 183 cm³/mol. The van der Waals surface area contributed by atoms with Crippen LogP contribution in [0.1, 0.15) is 24.3 Å². The lowest BCUT2D eigenvalue weighted by Crippen LogP contribution is -2.30. The van der Waals surface area contributed by atoms with Gasteiger partial charge in [0.1, 0.15) is 0 Å². The standard InChI is InChI=1S/C41H31N3/c1-5-19-38-34(15-1)35-16-2-6-20-39(35)43(38)32-13-9-11-28(24-32)30-23-31(27-42-26-30)29-12-10-14-33(25-29)44-40-21-7-3-17-36(40)37-18-4-8-22-41(37)44/h1-7,9-21,23-27,37,41H,8,22H2. The second-order valence-electron chi connectivity index (χ2n) is 12.0. The molecule has 5 aromatic carbocycles. The zero-order valence-corrected chi connectivity index (χ0v) is 24.3. The number of nitrogens with zero attached hydrogens (tertiary/aromatic N) is 3. The van der Waals surface area contributed by atoms with E-state index in [1.165, 1.54) is 50.7 Å². The van der Waals surface area contributed by atoms with Gasteiger partial charge in [-0.25, -0.2) is 0 Å². The SMILES string of the molecule is C1=CC2c3ccccc3N(c3cccc(-c4cncc(-c5cccc(-n6c7ccccc7c7ccccc76)c5)c4)c3)C2CC1. The number of rotatable bonds is 4. The van der Waals surface area contributed by atoms with Crippen molar-refractivity contribution in [3.8, 4) is 27.9 Å². The van der Waals surface area contributed by atoms with Crippen molar-refractivity contribution in [3.05, 3.63) is 158 Å². The van der Waals surface area contributed by atoms with Crippen LogP contribution in [0.15, 0.2) is 152 Å². The molecule has 3 heterocycles. The molecule has 2 unspecified atom stereocenters. The maximum absolute atomic E-state index is 4.73. The van der Waals surface area contributed by atoms with Gasteiger partial charge in [0, 0.05) is 63.3 Å².